The molecule has 2 rings (SSSR count). The summed E-state index contributed by atoms with van der Waals surface area (Å²) < 4.78 is 0. The minimum atomic E-state index is 0.223. The van der Waals surface area contributed by atoms with Crippen molar-refractivity contribution < 1.29 is 0 Å². The molecule has 0 aliphatic carbocycles. The summed E-state index contributed by atoms with van der Waals surface area (Å²) in [6.07, 6.45) is 3.92. The first-order valence-electron chi connectivity index (χ1n) is 8.33. The van der Waals surface area contributed by atoms with Crippen LogP contribution in [0.3, 0.4) is 0 Å². The average Bonchev–Trinajstić information content (AvgIpc) is 2.76. The lowest BCUT2D eigenvalue weighted by Crippen LogP contribution is -2.40. The molecule has 1 heterocycles. The van der Waals surface area contributed by atoms with E-state index in [9.17, 15) is 0 Å². The van der Waals surface area contributed by atoms with Crippen molar-refractivity contribution in [2.24, 2.45) is 11.8 Å². The molecule has 0 amide bonds. The van der Waals surface area contributed by atoms with Gasteiger partial charge in [-0.3, -0.25) is 0 Å². The Hall–Kier alpha value is -0.470. The number of hydrogen-bond acceptors (Lipinski definition) is 2. The van der Waals surface area contributed by atoms with Gasteiger partial charge >= 0.3 is 0 Å². The van der Waals surface area contributed by atoms with Gasteiger partial charge < -0.3 is 5.32 Å². The van der Waals surface area contributed by atoms with E-state index in [-0.39, 0.29) is 5.54 Å². The van der Waals surface area contributed by atoms with E-state index in [0.29, 0.717) is 0 Å². The number of benzene rings is 1. The predicted molar refractivity (Wildman–Crippen MR) is 95.1 cm³/mol. The van der Waals surface area contributed by atoms with Gasteiger partial charge in [0.15, 0.2) is 0 Å². The summed E-state index contributed by atoms with van der Waals surface area (Å²) in [5.41, 5.74) is 1.78. The van der Waals surface area contributed by atoms with Crippen molar-refractivity contribution in [1.29, 1.82) is 0 Å². The molecule has 2 atom stereocenters. The fraction of sp³-hybridized carbons (Fsp3) is 0.684. The molecule has 1 aromatic carbocycles. The number of nitrogens with one attached hydrogen (secondary N) is 1. The van der Waals surface area contributed by atoms with E-state index in [1.165, 1.54) is 24.2 Å². The fourth-order valence-electron chi connectivity index (χ4n) is 3.14. The van der Waals surface area contributed by atoms with Crippen LogP contribution in [0.5, 0.6) is 0 Å². The van der Waals surface area contributed by atoms with Crippen LogP contribution in [-0.2, 0) is 6.42 Å². The maximum absolute atomic E-state index is 3.71. The summed E-state index contributed by atoms with van der Waals surface area (Å²) in [5.74, 6) is 1.57. The Morgan fingerprint density at radius 3 is 2.57 bits per heavy atom. The van der Waals surface area contributed by atoms with E-state index in [4.69, 9.17) is 0 Å². The Bertz CT molecular complexity index is 422. The standard InChI is InChI=1S/C19H31NS/c1-14(2)10-15(13-20-19(3,4)5)11-17-12-16-8-6-7-9-18(16)21-17/h6-9,14-15,17,20H,10-13H2,1-5H3. The van der Waals surface area contributed by atoms with Gasteiger partial charge in [0.25, 0.3) is 0 Å². The van der Waals surface area contributed by atoms with E-state index in [0.717, 1.165) is 23.6 Å². The molecular formula is C19H31NS. The number of rotatable bonds is 6. The van der Waals surface area contributed by atoms with Crippen LogP contribution >= 0.6 is 11.8 Å². The van der Waals surface area contributed by atoms with Gasteiger partial charge in [0, 0.05) is 15.7 Å². The molecule has 0 aromatic heterocycles. The normalized spacial score (nSPS) is 19.8. The second kappa shape index (κ2) is 7.19. The third-order valence-electron chi connectivity index (χ3n) is 4.04. The Kier molecular flexibility index (Phi) is 5.79. The molecule has 0 bridgehead atoms. The Morgan fingerprint density at radius 1 is 1.24 bits per heavy atom. The summed E-state index contributed by atoms with van der Waals surface area (Å²) in [6.45, 7) is 12.6. The van der Waals surface area contributed by atoms with Crippen LogP contribution in [0.15, 0.2) is 29.2 Å². The lowest BCUT2D eigenvalue weighted by Gasteiger charge is -2.27. The van der Waals surface area contributed by atoms with E-state index >= 15 is 0 Å². The topological polar surface area (TPSA) is 12.0 Å². The molecule has 2 unspecified atom stereocenters. The molecule has 1 aliphatic heterocycles. The van der Waals surface area contributed by atoms with Gasteiger partial charge in [-0.25, -0.2) is 0 Å². The van der Waals surface area contributed by atoms with Crippen molar-refractivity contribution in [3.05, 3.63) is 29.8 Å². The third kappa shape index (κ3) is 5.67. The molecule has 1 nitrogen and oxygen atoms in total. The van der Waals surface area contributed by atoms with Gasteiger partial charge in [0.2, 0.25) is 0 Å². The smallest absolute Gasteiger partial charge is 0.0138 e. The maximum Gasteiger partial charge on any atom is 0.0138 e. The van der Waals surface area contributed by atoms with Gasteiger partial charge in [-0.1, -0.05) is 32.0 Å². The van der Waals surface area contributed by atoms with Crippen molar-refractivity contribution in [1.82, 2.24) is 5.32 Å². The second-order valence-corrected chi connectivity index (χ2v) is 9.26. The maximum atomic E-state index is 3.71. The summed E-state index contributed by atoms with van der Waals surface area (Å²) in [6, 6.07) is 8.92. The van der Waals surface area contributed by atoms with Crippen LogP contribution in [0.2, 0.25) is 0 Å². The van der Waals surface area contributed by atoms with Crippen LogP contribution in [-0.4, -0.2) is 17.3 Å². The molecule has 0 fully saturated rings. The second-order valence-electron chi connectivity index (χ2n) is 7.91. The Balaban J connectivity index is 1.90. The fourth-order valence-corrected chi connectivity index (χ4v) is 4.59. The largest absolute Gasteiger partial charge is 0.312 e. The molecule has 0 saturated carbocycles. The van der Waals surface area contributed by atoms with Crippen molar-refractivity contribution in [2.75, 3.05) is 6.54 Å². The summed E-state index contributed by atoms with van der Waals surface area (Å²) in [7, 11) is 0. The first kappa shape index (κ1) is 16.9. The van der Waals surface area contributed by atoms with E-state index in [2.05, 4.69) is 76.0 Å². The third-order valence-corrected chi connectivity index (χ3v) is 5.38. The van der Waals surface area contributed by atoms with Crippen molar-refractivity contribution in [2.45, 2.75) is 69.6 Å². The Labute approximate surface area is 135 Å². The highest BCUT2D eigenvalue weighted by Gasteiger charge is 2.26. The van der Waals surface area contributed by atoms with Gasteiger partial charge in [-0.15, -0.1) is 11.8 Å². The summed E-state index contributed by atoms with van der Waals surface area (Å²) in [5, 5.41) is 4.48. The predicted octanol–water partition coefficient (Wildman–Crippen LogP) is 5.14. The molecule has 1 N–H and O–H groups in total. The highest BCUT2D eigenvalue weighted by Crippen LogP contribution is 2.40. The molecule has 118 valence electrons. The zero-order valence-electron chi connectivity index (χ0n) is 14.3. The van der Waals surface area contributed by atoms with Crippen LogP contribution in [0.1, 0.15) is 53.0 Å². The monoisotopic (exact) mass is 305 g/mol. The number of fused-ring (bicyclic) bond motifs is 1. The van der Waals surface area contributed by atoms with Gasteiger partial charge in [-0.2, -0.15) is 0 Å². The van der Waals surface area contributed by atoms with Crippen LogP contribution in [0.4, 0.5) is 0 Å². The molecule has 0 spiro atoms. The number of thioether (sulfide) groups is 1. The van der Waals surface area contributed by atoms with Gasteiger partial charge in [-0.05, 0) is 70.0 Å². The molecule has 1 aliphatic rings. The van der Waals surface area contributed by atoms with Gasteiger partial charge in [0.1, 0.15) is 0 Å². The number of hydrogen-bond donors (Lipinski definition) is 1. The SMILES string of the molecule is CC(C)CC(CNC(C)(C)C)CC1Cc2ccccc2S1. The zero-order chi connectivity index (χ0) is 15.5. The van der Waals surface area contributed by atoms with Crippen molar-refractivity contribution in [3.63, 3.8) is 0 Å². The summed E-state index contributed by atoms with van der Waals surface area (Å²) >= 11 is 2.10. The van der Waals surface area contributed by atoms with Crippen LogP contribution in [0, 0.1) is 11.8 Å². The van der Waals surface area contributed by atoms with Crippen LogP contribution < -0.4 is 5.32 Å². The molecule has 0 saturated heterocycles. The average molecular weight is 306 g/mol. The minimum Gasteiger partial charge on any atom is -0.312 e. The van der Waals surface area contributed by atoms with Gasteiger partial charge in [0.05, 0.1) is 0 Å². The lowest BCUT2D eigenvalue weighted by atomic mass is 9.90. The quantitative estimate of drug-likeness (QED) is 0.780. The van der Waals surface area contributed by atoms with Crippen molar-refractivity contribution >= 4 is 11.8 Å². The highest BCUT2D eigenvalue weighted by atomic mass is 32.2. The first-order chi connectivity index (χ1) is 9.83. The lowest BCUT2D eigenvalue weighted by molar-refractivity contribution is 0.318. The van der Waals surface area contributed by atoms with Crippen molar-refractivity contribution in [3.8, 4) is 0 Å². The Morgan fingerprint density at radius 2 is 1.95 bits per heavy atom. The molecule has 2 heteroatoms. The molecule has 1 aromatic rings. The zero-order valence-corrected chi connectivity index (χ0v) is 15.1. The molecular weight excluding hydrogens is 274 g/mol. The first-order valence-corrected chi connectivity index (χ1v) is 9.21. The minimum absolute atomic E-state index is 0.223. The summed E-state index contributed by atoms with van der Waals surface area (Å²) in [4.78, 5) is 1.51. The van der Waals surface area contributed by atoms with E-state index < -0.39 is 0 Å². The van der Waals surface area contributed by atoms with E-state index in [1.54, 1.807) is 5.56 Å². The molecule has 0 radical (unpaired) electrons. The van der Waals surface area contributed by atoms with E-state index in [1.807, 2.05) is 0 Å². The van der Waals surface area contributed by atoms with Crippen LogP contribution in [0.25, 0.3) is 0 Å². The molecule has 21 heavy (non-hydrogen) atoms. The highest BCUT2D eigenvalue weighted by molar-refractivity contribution is 8.00.